The molecule has 1 unspecified atom stereocenters. The van der Waals surface area contributed by atoms with Crippen molar-refractivity contribution < 1.29 is 19.1 Å². The molecule has 0 spiro atoms. The highest BCUT2D eigenvalue weighted by Gasteiger charge is 2.31. The lowest BCUT2D eigenvalue weighted by Crippen LogP contribution is -2.21. The predicted molar refractivity (Wildman–Crippen MR) is 135 cm³/mol. The van der Waals surface area contributed by atoms with Crippen LogP contribution in [0.2, 0.25) is 0 Å². The van der Waals surface area contributed by atoms with Crippen LogP contribution in [0.3, 0.4) is 0 Å². The van der Waals surface area contributed by atoms with E-state index in [2.05, 4.69) is 18.7 Å². The molecule has 174 valence electrons. The highest BCUT2D eigenvalue weighted by molar-refractivity contribution is 6.30. The van der Waals surface area contributed by atoms with Crippen molar-refractivity contribution in [3.8, 4) is 11.5 Å². The van der Waals surface area contributed by atoms with Crippen molar-refractivity contribution in [2.24, 2.45) is 0 Å². The van der Waals surface area contributed by atoms with Gasteiger partial charge in [0.2, 0.25) is 5.78 Å². The Hall–Kier alpha value is -3.57. The number of rotatable bonds is 7. The fourth-order valence-electron chi connectivity index (χ4n) is 3.92. The number of ether oxygens (including phenoxy) is 2. The Balaban J connectivity index is 1.53. The van der Waals surface area contributed by atoms with Gasteiger partial charge < -0.3 is 14.4 Å². The second-order valence-electron chi connectivity index (χ2n) is 7.96. The van der Waals surface area contributed by atoms with E-state index in [1.54, 1.807) is 37.3 Å². The molecule has 0 aromatic heterocycles. The topological polar surface area (TPSA) is 55.8 Å². The maximum Gasteiger partial charge on any atom is 0.334 e. The van der Waals surface area contributed by atoms with Crippen molar-refractivity contribution in [1.82, 2.24) is 0 Å². The number of nitrogens with zero attached hydrogens (tertiary/aromatic N) is 1. The van der Waals surface area contributed by atoms with E-state index >= 15 is 0 Å². The Labute approximate surface area is 204 Å². The van der Waals surface area contributed by atoms with Crippen LogP contribution in [0.25, 0.3) is 6.08 Å². The van der Waals surface area contributed by atoms with Crippen molar-refractivity contribution in [3.05, 3.63) is 94.7 Å². The molecule has 1 atom stereocenters. The minimum atomic E-state index is -0.939. The lowest BCUT2D eigenvalue weighted by atomic mass is 10.1. The number of allylic oxidation sites excluding steroid dienone is 1. The van der Waals surface area contributed by atoms with Crippen LogP contribution in [-0.4, -0.2) is 24.8 Å². The van der Waals surface area contributed by atoms with Gasteiger partial charge in [-0.05, 0) is 62.2 Å². The molecule has 0 bridgehead atoms. The van der Waals surface area contributed by atoms with Gasteiger partial charge in [-0.2, -0.15) is 0 Å². The largest absolute Gasteiger partial charge is 0.452 e. The summed E-state index contributed by atoms with van der Waals surface area (Å²) < 4.78 is 11.5. The molecule has 1 aliphatic heterocycles. The average Bonchev–Trinajstić information content (AvgIpc) is 3.18. The summed E-state index contributed by atoms with van der Waals surface area (Å²) >= 11 is 6.29. The number of carbonyl (C=O) groups excluding carboxylic acids is 2. The third kappa shape index (κ3) is 4.70. The maximum absolute atomic E-state index is 12.9. The fourth-order valence-corrected chi connectivity index (χ4v) is 4.11. The van der Waals surface area contributed by atoms with Crippen molar-refractivity contribution in [2.45, 2.75) is 26.1 Å². The molecular weight excluding hydrogens is 450 g/mol. The van der Waals surface area contributed by atoms with E-state index in [0.29, 0.717) is 28.2 Å². The second-order valence-corrected chi connectivity index (χ2v) is 8.40. The third-order valence-corrected chi connectivity index (χ3v) is 6.30. The van der Waals surface area contributed by atoms with E-state index in [1.807, 2.05) is 42.5 Å². The second kappa shape index (κ2) is 10.1. The number of fused-ring (bicyclic) bond motifs is 1. The summed E-state index contributed by atoms with van der Waals surface area (Å²) in [6.07, 6.45) is 1.73. The number of hydrogen-bond acceptors (Lipinski definition) is 5. The van der Waals surface area contributed by atoms with Gasteiger partial charge in [-0.25, -0.2) is 4.79 Å². The Bertz CT molecular complexity index is 1230. The van der Waals surface area contributed by atoms with Crippen LogP contribution in [0, 0.1) is 6.92 Å². The summed E-state index contributed by atoms with van der Waals surface area (Å²) in [5.74, 6) is 0.138. The van der Waals surface area contributed by atoms with E-state index in [0.717, 1.165) is 24.3 Å². The first-order chi connectivity index (χ1) is 16.4. The van der Waals surface area contributed by atoms with Gasteiger partial charge in [0.1, 0.15) is 11.5 Å². The zero-order valence-corrected chi connectivity index (χ0v) is 20.1. The Morgan fingerprint density at radius 2 is 1.71 bits per heavy atom. The molecule has 6 heteroatoms. The lowest BCUT2D eigenvalue weighted by Gasteiger charge is -2.20. The van der Waals surface area contributed by atoms with Gasteiger partial charge in [0.05, 0.1) is 5.56 Å². The summed E-state index contributed by atoms with van der Waals surface area (Å²) in [5, 5.41) is -0.939. The summed E-state index contributed by atoms with van der Waals surface area (Å²) in [5.41, 5.74) is 3.65. The average molecular weight is 476 g/mol. The third-order valence-electron chi connectivity index (χ3n) is 5.87. The Kier molecular flexibility index (Phi) is 7.03. The summed E-state index contributed by atoms with van der Waals surface area (Å²) in [4.78, 5) is 27.7. The summed E-state index contributed by atoms with van der Waals surface area (Å²) in [6.45, 7) is 7.84. The van der Waals surface area contributed by atoms with Crippen LogP contribution in [0.1, 0.15) is 46.3 Å². The van der Waals surface area contributed by atoms with Gasteiger partial charge in [0, 0.05) is 24.3 Å². The molecule has 5 nitrogen and oxygen atoms in total. The van der Waals surface area contributed by atoms with Crippen molar-refractivity contribution in [3.63, 3.8) is 0 Å². The quantitative estimate of drug-likeness (QED) is 0.173. The maximum atomic E-state index is 12.9. The monoisotopic (exact) mass is 475 g/mol. The first kappa shape index (κ1) is 23.6. The van der Waals surface area contributed by atoms with Crippen LogP contribution in [0.5, 0.6) is 11.5 Å². The van der Waals surface area contributed by atoms with E-state index in [1.165, 1.54) is 0 Å². The molecule has 0 saturated carbocycles. The lowest BCUT2D eigenvalue weighted by molar-refractivity contribution is -0.134. The van der Waals surface area contributed by atoms with Crippen LogP contribution < -0.4 is 14.4 Å². The minimum Gasteiger partial charge on any atom is -0.452 e. The van der Waals surface area contributed by atoms with Gasteiger partial charge in [0.25, 0.3) is 0 Å². The number of carbonyl (C=O) groups is 2. The van der Waals surface area contributed by atoms with Gasteiger partial charge in [-0.3, -0.25) is 4.79 Å². The van der Waals surface area contributed by atoms with Crippen LogP contribution in [0.15, 0.2) is 72.5 Å². The van der Waals surface area contributed by atoms with Crippen molar-refractivity contribution in [1.29, 1.82) is 0 Å². The summed E-state index contributed by atoms with van der Waals surface area (Å²) in [6, 6.07) is 20.2. The van der Waals surface area contributed by atoms with E-state index in [9.17, 15) is 9.59 Å². The number of alkyl halides is 1. The predicted octanol–water partition coefficient (Wildman–Crippen LogP) is 6.34. The molecule has 3 aromatic rings. The van der Waals surface area contributed by atoms with Crippen LogP contribution in [0.4, 0.5) is 5.69 Å². The normalized spacial score (nSPS) is 14.5. The van der Waals surface area contributed by atoms with Gasteiger partial charge >= 0.3 is 5.97 Å². The smallest absolute Gasteiger partial charge is 0.334 e. The van der Waals surface area contributed by atoms with Crippen molar-refractivity contribution in [2.75, 3.05) is 18.0 Å². The number of ketones is 1. The Morgan fingerprint density at radius 1 is 1.03 bits per heavy atom. The molecule has 3 aromatic carbocycles. The molecular formula is C28H26ClNO4. The van der Waals surface area contributed by atoms with E-state index in [-0.39, 0.29) is 11.5 Å². The highest BCUT2D eigenvalue weighted by Crippen LogP contribution is 2.40. The number of halogens is 1. The Morgan fingerprint density at radius 3 is 2.35 bits per heavy atom. The molecule has 34 heavy (non-hydrogen) atoms. The van der Waals surface area contributed by atoms with Gasteiger partial charge in [-0.15, -0.1) is 11.6 Å². The van der Waals surface area contributed by atoms with E-state index in [4.69, 9.17) is 21.1 Å². The molecule has 4 rings (SSSR count). The first-order valence-corrected chi connectivity index (χ1v) is 11.7. The zero-order chi connectivity index (χ0) is 24.2. The molecule has 0 aliphatic carbocycles. The van der Waals surface area contributed by atoms with Crippen LogP contribution >= 0.6 is 11.6 Å². The van der Waals surface area contributed by atoms with Crippen molar-refractivity contribution >= 4 is 35.1 Å². The molecule has 0 radical (unpaired) electrons. The first-order valence-electron chi connectivity index (χ1n) is 11.3. The SMILES string of the molecule is CCN(CC)c1ccc(/C=C2\Oc3c(ccc(OC(=O)C(Cl)c4ccccc4)c3C)C2=O)cc1. The van der Waals surface area contributed by atoms with Crippen LogP contribution in [-0.2, 0) is 4.79 Å². The molecule has 0 saturated heterocycles. The molecule has 0 amide bonds. The van der Waals surface area contributed by atoms with Gasteiger partial charge in [0.15, 0.2) is 11.1 Å². The molecule has 0 fully saturated rings. The number of esters is 1. The summed E-state index contributed by atoms with van der Waals surface area (Å²) in [7, 11) is 0. The minimum absolute atomic E-state index is 0.205. The van der Waals surface area contributed by atoms with E-state index < -0.39 is 11.3 Å². The molecule has 1 aliphatic rings. The number of Topliss-reactive ketones (excluding diaryl/α,β-unsaturated/α-hetero) is 1. The van der Waals surface area contributed by atoms with Gasteiger partial charge in [-0.1, -0.05) is 42.5 Å². The highest BCUT2D eigenvalue weighted by atomic mass is 35.5. The number of anilines is 1. The molecule has 0 N–H and O–H groups in total. The number of benzene rings is 3. The standard InChI is InChI=1S/C28H26ClNO4/c1-4-30(5-2)21-13-11-19(12-14-21)17-24-26(31)22-15-16-23(18(3)27(22)33-24)34-28(32)25(29)20-9-7-6-8-10-20/h6-17,25H,4-5H2,1-3H3/b24-17-. The molecule has 1 heterocycles. The zero-order valence-electron chi connectivity index (χ0n) is 19.4. The number of hydrogen-bond donors (Lipinski definition) is 0. The fraction of sp³-hybridized carbons (Fsp3) is 0.214.